The van der Waals surface area contributed by atoms with Gasteiger partial charge >= 0.3 is 0 Å². The molecule has 0 aromatic heterocycles. The maximum atomic E-state index is 12.1. The smallest absolute Gasteiger partial charge is 0.242 e. The first-order valence-corrected chi connectivity index (χ1v) is 7.30. The van der Waals surface area contributed by atoms with Gasteiger partial charge in [0, 0.05) is 25.8 Å². The van der Waals surface area contributed by atoms with Crippen molar-refractivity contribution in [3.8, 4) is 0 Å². The Labute approximate surface area is 108 Å². The Hall–Kier alpha value is -1.11. The lowest BCUT2D eigenvalue weighted by Gasteiger charge is -2.18. The van der Waals surface area contributed by atoms with Gasteiger partial charge in [0.15, 0.2) is 0 Å². The van der Waals surface area contributed by atoms with Crippen LogP contribution in [0.25, 0.3) is 0 Å². The van der Waals surface area contributed by atoms with E-state index in [1.165, 1.54) is 7.05 Å². The topological polar surface area (TPSA) is 69.6 Å². The van der Waals surface area contributed by atoms with Crippen molar-refractivity contribution in [2.24, 2.45) is 0 Å². The fourth-order valence-corrected chi connectivity index (χ4v) is 2.85. The number of aliphatic hydroxyl groups excluding tert-OH is 1. The first-order chi connectivity index (χ1) is 8.37. The average Bonchev–Trinajstić information content (AvgIpc) is 2.29. The van der Waals surface area contributed by atoms with Crippen LogP contribution in [0, 0.1) is 0 Å². The first kappa shape index (κ1) is 14.9. The van der Waals surface area contributed by atoms with Crippen LogP contribution in [0.4, 0.5) is 5.69 Å². The zero-order valence-electron chi connectivity index (χ0n) is 10.9. The highest BCUT2D eigenvalue weighted by Crippen LogP contribution is 2.17. The quantitative estimate of drug-likeness (QED) is 0.814. The van der Waals surface area contributed by atoms with E-state index in [-0.39, 0.29) is 11.4 Å². The summed E-state index contributed by atoms with van der Waals surface area (Å²) in [7, 11) is -2.06. The summed E-state index contributed by atoms with van der Waals surface area (Å²) in [6.07, 6.45) is -0.689. The molecule has 2 N–H and O–H groups in total. The lowest BCUT2D eigenvalue weighted by molar-refractivity contribution is 0.171. The van der Waals surface area contributed by atoms with Crippen molar-refractivity contribution in [2.75, 3.05) is 25.5 Å². The van der Waals surface area contributed by atoms with E-state index in [2.05, 4.69) is 5.32 Å². The number of anilines is 1. The molecule has 0 saturated carbocycles. The molecule has 6 heteroatoms. The molecule has 0 saturated heterocycles. The van der Waals surface area contributed by atoms with E-state index in [0.717, 1.165) is 16.5 Å². The number of sulfonamides is 1. The lowest BCUT2D eigenvalue weighted by Crippen LogP contribution is -2.33. The van der Waals surface area contributed by atoms with Crippen molar-refractivity contribution in [1.29, 1.82) is 0 Å². The van der Waals surface area contributed by atoms with E-state index < -0.39 is 16.1 Å². The Morgan fingerprint density at radius 2 is 1.89 bits per heavy atom. The summed E-state index contributed by atoms with van der Waals surface area (Å²) >= 11 is 0. The normalized spacial score (nSPS) is 13.6. The van der Waals surface area contributed by atoms with Gasteiger partial charge in [-0.3, -0.25) is 0 Å². The van der Waals surface area contributed by atoms with Crippen LogP contribution in [0.2, 0.25) is 0 Å². The van der Waals surface area contributed by atoms with E-state index in [1.807, 2.05) is 6.92 Å². The van der Waals surface area contributed by atoms with Crippen molar-refractivity contribution in [3.63, 3.8) is 0 Å². The second-order valence-electron chi connectivity index (χ2n) is 4.19. The minimum Gasteiger partial charge on any atom is -0.392 e. The Kier molecular flexibility index (Phi) is 5.13. The van der Waals surface area contributed by atoms with Crippen LogP contribution in [0.5, 0.6) is 0 Å². The number of likely N-dealkylation sites (N-methyl/N-ethyl adjacent to an activating group) is 1. The molecular weight excluding hydrogens is 252 g/mol. The van der Waals surface area contributed by atoms with Gasteiger partial charge in [0.1, 0.15) is 0 Å². The largest absolute Gasteiger partial charge is 0.392 e. The maximum absolute atomic E-state index is 12.1. The van der Waals surface area contributed by atoms with Crippen molar-refractivity contribution in [2.45, 2.75) is 24.8 Å². The van der Waals surface area contributed by atoms with Gasteiger partial charge in [-0.15, -0.1) is 0 Å². The summed E-state index contributed by atoms with van der Waals surface area (Å²) in [6, 6.07) is 6.58. The first-order valence-electron chi connectivity index (χ1n) is 5.86. The second-order valence-corrected chi connectivity index (χ2v) is 6.23. The molecule has 0 fully saturated rings. The van der Waals surface area contributed by atoms with Crippen LogP contribution in [0.15, 0.2) is 29.2 Å². The van der Waals surface area contributed by atoms with Gasteiger partial charge in [-0.25, -0.2) is 8.42 Å². The Morgan fingerprint density at radius 1 is 1.33 bits per heavy atom. The molecule has 1 rings (SSSR count). The lowest BCUT2D eigenvalue weighted by atomic mass is 10.3. The van der Waals surface area contributed by atoms with Gasteiger partial charge in [0.05, 0.1) is 11.0 Å². The van der Waals surface area contributed by atoms with Crippen LogP contribution >= 0.6 is 0 Å². The molecule has 18 heavy (non-hydrogen) atoms. The zero-order valence-corrected chi connectivity index (χ0v) is 11.7. The highest BCUT2D eigenvalue weighted by molar-refractivity contribution is 7.89. The number of hydrogen-bond donors (Lipinski definition) is 2. The van der Waals surface area contributed by atoms with Crippen molar-refractivity contribution < 1.29 is 13.5 Å². The Bertz CT molecular complexity index is 469. The van der Waals surface area contributed by atoms with Crippen LogP contribution in [-0.2, 0) is 10.0 Å². The highest BCUT2D eigenvalue weighted by atomic mass is 32.2. The molecule has 1 aromatic carbocycles. The molecule has 102 valence electrons. The monoisotopic (exact) mass is 272 g/mol. The molecule has 0 heterocycles. The highest BCUT2D eigenvalue weighted by Gasteiger charge is 2.21. The van der Waals surface area contributed by atoms with Crippen molar-refractivity contribution >= 4 is 15.7 Å². The van der Waals surface area contributed by atoms with E-state index in [9.17, 15) is 13.5 Å². The van der Waals surface area contributed by atoms with Gasteiger partial charge in [-0.05, 0) is 38.1 Å². The molecule has 0 aliphatic rings. The second kappa shape index (κ2) is 6.17. The van der Waals surface area contributed by atoms with Crippen LogP contribution in [0.1, 0.15) is 13.8 Å². The number of benzene rings is 1. The van der Waals surface area contributed by atoms with E-state index in [1.54, 1.807) is 31.2 Å². The summed E-state index contributed by atoms with van der Waals surface area (Å²) in [4.78, 5) is 0.229. The zero-order chi connectivity index (χ0) is 13.8. The molecule has 1 unspecified atom stereocenters. The minimum atomic E-state index is -3.52. The number of rotatable bonds is 6. The van der Waals surface area contributed by atoms with Crippen molar-refractivity contribution in [3.05, 3.63) is 24.3 Å². The number of nitrogens with one attached hydrogen (secondary N) is 1. The maximum Gasteiger partial charge on any atom is 0.242 e. The van der Waals surface area contributed by atoms with Crippen LogP contribution in [-0.4, -0.2) is 44.1 Å². The molecule has 0 aliphatic heterocycles. The van der Waals surface area contributed by atoms with Gasteiger partial charge in [0.2, 0.25) is 10.0 Å². The molecule has 0 aliphatic carbocycles. The molecular formula is C12H20N2O3S. The number of aliphatic hydroxyl groups is 1. The summed E-state index contributed by atoms with van der Waals surface area (Å²) in [5.41, 5.74) is 0.884. The van der Waals surface area contributed by atoms with Gasteiger partial charge in [-0.2, -0.15) is 4.31 Å². The van der Waals surface area contributed by atoms with Gasteiger partial charge in [0.25, 0.3) is 0 Å². The Balaban J connectivity index is 2.91. The fourth-order valence-electron chi connectivity index (χ4n) is 1.60. The summed E-state index contributed by atoms with van der Waals surface area (Å²) in [5.74, 6) is 0. The van der Waals surface area contributed by atoms with E-state index in [0.29, 0.717) is 0 Å². The third kappa shape index (κ3) is 3.69. The van der Waals surface area contributed by atoms with Crippen LogP contribution in [0.3, 0.4) is 0 Å². The predicted molar refractivity (Wildman–Crippen MR) is 72.1 cm³/mol. The van der Waals surface area contributed by atoms with Crippen molar-refractivity contribution in [1.82, 2.24) is 4.31 Å². The third-order valence-corrected chi connectivity index (χ3v) is 4.30. The molecule has 0 amide bonds. The SMILES string of the molecule is CCNc1ccc(S(=O)(=O)N(C)CC(C)O)cc1. The molecule has 1 atom stereocenters. The predicted octanol–water partition coefficient (Wildman–Crippen LogP) is 1.12. The molecule has 0 radical (unpaired) electrons. The molecule has 5 nitrogen and oxygen atoms in total. The minimum absolute atomic E-state index is 0.0806. The van der Waals surface area contributed by atoms with Crippen LogP contribution < -0.4 is 5.32 Å². The summed E-state index contributed by atoms with van der Waals surface area (Å²) in [6.45, 7) is 4.40. The molecule has 0 spiro atoms. The third-order valence-electron chi connectivity index (χ3n) is 2.46. The number of hydrogen-bond acceptors (Lipinski definition) is 4. The number of nitrogens with zero attached hydrogens (tertiary/aromatic N) is 1. The van der Waals surface area contributed by atoms with Gasteiger partial charge < -0.3 is 10.4 Å². The molecule has 1 aromatic rings. The summed E-state index contributed by atoms with van der Waals surface area (Å²) in [5, 5.41) is 12.3. The average molecular weight is 272 g/mol. The fraction of sp³-hybridized carbons (Fsp3) is 0.500. The van der Waals surface area contributed by atoms with E-state index in [4.69, 9.17) is 0 Å². The standard InChI is InChI=1S/C12H20N2O3S/c1-4-13-11-5-7-12(8-6-11)18(16,17)14(3)9-10(2)15/h5-8,10,13,15H,4,9H2,1-3H3. The molecule has 0 bridgehead atoms. The summed E-state index contributed by atoms with van der Waals surface area (Å²) < 4.78 is 25.4. The van der Waals surface area contributed by atoms with E-state index >= 15 is 0 Å². The Morgan fingerprint density at radius 3 is 2.33 bits per heavy atom. The van der Waals surface area contributed by atoms with Gasteiger partial charge in [-0.1, -0.05) is 0 Å².